The molecule has 4 rings (SSSR count). The molecule has 2 amide bonds. The summed E-state index contributed by atoms with van der Waals surface area (Å²) < 4.78 is 0. The summed E-state index contributed by atoms with van der Waals surface area (Å²) in [7, 11) is 3.68. The lowest BCUT2D eigenvalue weighted by Crippen LogP contribution is -2.51. The van der Waals surface area contributed by atoms with Crippen LogP contribution in [0.4, 0.5) is 0 Å². The Morgan fingerprint density at radius 1 is 1.00 bits per heavy atom. The first-order valence-electron chi connectivity index (χ1n) is 11.0. The fourth-order valence-corrected chi connectivity index (χ4v) is 4.88. The fourth-order valence-electron chi connectivity index (χ4n) is 4.88. The fraction of sp³-hybridized carbons (Fsp3) is 0.462. The van der Waals surface area contributed by atoms with Crippen LogP contribution in [0.3, 0.4) is 0 Å². The van der Waals surface area contributed by atoms with Crippen molar-refractivity contribution in [3.63, 3.8) is 0 Å². The third-order valence-electron chi connectivity index (χ3n) is 6.90. The molecule has 0 unspecified atom stereocenters. The van der Waals surface area contributed by atoms with Crippen LogP contribution in [0.15, 0.2) is 54.6 Å². The van der Waals surface area contributed by atoms with Gasteiger partial charge in [0.2, 0.25) is 11.8 Å². The molecule has 1 heterocycles. The molecule has 2 atom stereocenters. The molecule has 2 fully saturated rings. The maximum atomic E-state index is 13.3. The summed E-state index contributed by atoms with van der Waals surface area (Å²) in [5.74, 6) is 1.21. The number of amides is 2. The Kier molecular flexibility index (Phi) is 5.68. The Morgan fingerprint density at radius 2 is 1.63 bits per heavy atom. The van der Waals surface area contributed by atoms with E-state index in [-0.39, 0.29) is 11.8 Å². The highest BCUT2D eigenvalue weighted by Crippen LogP contribution is 2.42. The molecule has 1 aliphatic carbocycles. The van der Waals surface area contributed by atoms with E-state index in [9.17, 15) is 9.59 Å². The van der Waals surface area contributed by atoms with Crippen molar-refractivity contribution in [1.29, 1.82) is 0 Å². The van der Waals surface area contributed by atoms with E-state index in [4.69, 9.17) is 0 Å². The molecule has 0 radical (unpaired) electrons. The van der Waals surface area contributed by atoms with E-state index in [1.165, 1.54) is 16.7 Å². The lowest BCUT2D eigenvalue weighted by Gasteiger charge is -2.42. The maximum Gasteiger partial charge on any atom is 0.228 e. The second kappa shape index (κ2) is 8.25. The average Bonchev–Trinajstić information content (AvgIpc) is 3.50. The number of rotatable bonds is 5. The highest BCUT2D eigenvalue weighted by Gasteiger charge is 2.46. The summed E-state index contributed by atoms with van der Waals surface area (Å²) in [5.41, 5.74) is 3.11. The zero-order valence-corrected chi connectivity index (χ0v) is 18.3. The summed E-state index contributed by atoms with van der Waals surface area (Å²) in [4.78, 5) is 29.7. The molecule has 30 heavy (non-hydrogen) atoms. The molecule has 2 aromatic rings. The Bertz CT molecular complexity index is 914. The predicted molar refractivity (Wildman–Crippen MR) is 120 cm³/mol. The van der Waals surface area contributed by atoms with Gasteiger partial charge in [0, 0.05) is 33.1 Å². The Balaban J connectivity index is 1.54. The van der Waals surface area contributed by atoms with E-state index in [0.717, 1.165) is 19.3 Å². The molecule has 1 saturated carbocycles. The first-order valence-corrected chi connectivity index (χ1v) is 11.0. The number of piperidine rings is 1. The summed E-state index contributed by atoms with van der Waals surface area (Å²) in [6.45, 7) is 3.51. The standard InChI is InChI=1S/C26H32N2O2/c1-19-16-23(19)24(29)28-14-12-26(13-15-28,25(30)27(2)3)18-20-8-7-11-22(17-20)21-9-5-4-6-10-21/h4-11,17,19,23H,12-16,18H2,1-3H3/t19-,23+/m1/s1. The predicted octanol–water partition coefficient (Wildman–Crippen LogP) is 4.25. The molecule has 1 saturated heterocycles. The minimum atomic E-state index is -0.440. The zero-order valence-electron chi connectivity index (χ0n) is 18.3. The molecule has 4 heteroatoms. The third-order valence-corrected chi connectivity index (χ3v) is 6.90. The number of likely N-dealkylation sites (tertiary alicyclic amines) is 1. The molecule has 1 aliphatic heterocycles. The summed E-state index contributed by atoms with van der Waals surface area (Å²) in [6.07, 6.45) is 3.19. The van der Waals surface area contributed by atoms with Crippen LogP contribution in [0.5, 0.6) is 0 Å². The van der Waals surface area contributed by atoms with Gasteiger partial charge in [-0.25, -0.2) is 0 Å². The van der Waals surface area contributed by atoms with Crippen LogP contribution in [-0.2, 0) is 16.0 Å². The summed E-state index contributed by atoms with van der Waals surface area (Å²) in [6, 6.07) is 18.9. The van der Waals surface area contributed by atoms with Gasteiger partial charge in [-0.15, -0.1) is 0 Å². The lowest BCUT2D eigenvalue weighted by atomic mass is 9.72. The number of carbonyl (C=O) groups is 2. The molecular weight excluding hydrogens is 372 g/mol. The molecule has 0 N–H and O–H groups in total. The molecule has 0 bridgehead atoms. The molecule has 0 spiro atoms. The van der Waals surface area contributed by atoms with E-state index in [1.807, 2.05) is 37.2 Å². The number of hydrogen-bond donors (Lipinski definition) is 0. The van der Waals surface area contributed by atoms with Gasteiger partial charge in [0.1, 0.15) is 0 Å². The Hall–Kier alpha value is -2.62. The second-order valence-corrected chi connectivity index (χ2v) is 9.37. The Morgan fingerprint density at radius 3 is 2.23 bits per heavy atom. The van der Waals surface area contributed by atoms with Crippen molar-refractivity contribution in [1.82, 2.24) is 9.80 Å². The molecule has 2 aliphatic rings. The van der Waals surface area contributed by atoms with Crippen molar-refractivity contribution in [3.05, 3.63) is 60.2 Å². The molecular formula is C26H32N2O2. The van der Waals surface area contributed by atoms with Gasteiger partial charge in [-0.3, -0.25) is 9.59 Å². The van der Waals surface area contributed by atoms with Crippen molar-refractivity contribution in [3.8, 4) is 11.1 Å². The normalized spacial score (nSPS) is 22.4. The molecule has 158 valence electrons. The van der Waals surface area contributed by atoms with Gasteiger partial charge < -0.3 is 9.80 Å². The van der Waals surface area contributed by atoms with Crippen LogP contribution < -0.4 is 0 Å². The van der Waals surface area contributed by atoms with E-state index in [1.54, 1.807) is 4.90 Å². The van der Waals surface area contributed by atoms with Gasteiger partial charge >= 0.3 is 0 Å². The van der Waals surface area contributed by atoms with Crippen molar-refractivity contribution >= 4 is 11.8 Å². The highest BCUT2D eigenvalue weighted by atomic mass is 16.2. The van der Waals surface area contributed by atoms with Crippen molar-refractivity contribution in [2.75, 3.05) is 27.2 Å². The quantitative estimate of drug-likeness (QED) is 0.748. The lowest BCUT2D eigenvalue weighted by molar-refractivity contribution is -0.146. The van der Waals surface area contributed by atoms with Crippen molar-refractivity contribution in [2.45, 2.75) is 32.6 Å². The minimum Gasteiger partial charge on any atom is -0.348 e. The van der Waals surface area contributed by atoms with E-state index >= 15 is 0 Å². The number of carbonyl (C=O) groups excluding carboxylic acids is 2. The van der Waals surface area contributed by atoms with Crippen LogP contribution in [0.2, 0.25) is 0 Å². The average molecular weight is 405 g/mol. The van der Waals surface area contributed by atoms with E-state index < -0.39 is 5.41 Å². The van der Waals surface area contributed by atoms with Gasteiger partial charge in [0.05, 0.1) is 5.41 Å². The molecule has 4 nitrogen and oxygen atoms in total. The third kappa shape index (κ3) is 4.14. The van der Waals surface area contributed by atoms with Crippen LogP contribution >= 0.6 is 0 Å². The van der Waals surface area contributed by atoms with Crippen molar-refractivity contribution < 1.29 is 9.59 Å². The number of benzene rings is 2. The highest BCUT2D eigenvalue weighted by molar-refractivity contribution is 5.85. The number of nitrogens with zero attached hydrogens (tertiary/aromatic N) is 2. The van der Waals surface area contributed by atoms with Gasteiger partial charge in [-0.05, 0) is 48.3 Å². The first-order chi connectivity index (χ1) is 14.4. The second-order valence-electron chi connectivity index (χ2n) is 9.37. The van der Waals surface area contributed by atoms with Gasteiger partial charge in [0.25, 0.3) is 0 Å². The first kappa shape index (κ1) is 20.6. The SMILES string of the molecule is C[C@@H]1C[C@@H]1C(=O)N1CCC(Cc2cccc(-c3ccccc3)c2)(C(=O)N(C)C)CC1. The minimum absolute atomic E-state index is 0.180. The largest absolute Gasteiger partial charge is 0.348 e. The van der Waals surface area contributed by atoms with E-state index in [2.05, 4.69) is 43.3 Å². The zero-order chi connectivity index (χ0) is 21.3. The number of hydrogen-bond acceptors (Lipinski definition) is 2. The van der Waals surface area contributed by atoms with Crippen LogP contribution in [0, 0.1) is 17.3 Å². The molecule has 2 aromatic carbocycles. The van der Waals surface area contributed by atoms with E-state index in [0.29, 0.717) is 31.3 Å². The van der Waals surface area contributed by atoms with Crippen molar-refractivity contribution in [2.24, 2.45) is 17.3 Å². The summed E-state index contributed by atoms with van der Waals surface area (Å²) in [5, 5.41) is 0. The molecule has 0 aromatic heterocycles. The van der Waals surface area contributed by atoms with Gasteiger partial charge in [-0.2, -0.15) is 0 Å². The maximum absolute atomic E-state index is 13.3. The van der Waals surface area contributed by atoms with Crippen LogP contribution in [-0.4, -0.2) is 48.8 Å². The Labute approximate surface area is 179 Å². The van der Waals surface area contributed by atoms with Gasteiger partial charge in [0.15, 0.2) is 0 Å². The summed E-state index contributed by atoms with van der Waals surface area (Å²) >= 11 is 0. The smallest absolute Gasteiger partial charge is 0.228 e. The van der Waals surface area contributed by atoms with Crippen LogP contribution in [0.1, 0.15) is 31.7 Å². The van der Waals surface area contributed by atoms with Gasteiger partial charge in [-0.1, -0.05) is 61.5 Å². The topological polar surface area (TPSA) is 40.6 Å². The van der Waals surface area contributed by atoms with Crippen LogP contribution in [0.25, 0.3) is 11.1 Å². The monoisotopic (exact) mass is 404 g/mol.